The maximum absolute atomic E-state index is 13.1. The Balaban J connectivity index is 1.17. The Morgan fingerprint density at radius 1 is 0.763 bits per heavy atom. The second-order valence-electron chi connectivity index (χ2n) is 18.7. The number of carbonyl (C=O) groups excluding carboxylic acids is 4. The average molecular weight is 837 g/mol. The summed E-state index contributed by atoms with van der Waals surface area (Å²) in [5.41, 5.74) is -0.457. The summed E-state index contributed by atoms with van der Waals surface area (Å²) in [6.45, 7) is 9.35. The number of aliphatic hydroxyl groups excluding tert-OH is 3. The second-order valence-corrected chi connectivity index (χ2v) is 18.7. The zero-order valence-corrected chi connectivity index (χ0v) is 35.7. The minimum absolute atomic E-state index is 0.0247. The van der Waals surface area contributed by atoms with Crippen LogP contribution in [-0.2, 0) is 38.2 Å². The molecule has 4 aliphatic rings. The number of carbonyl (C=O) groups is 6. The predicted molar refractivity (Wildman–Crippen MR) is 216 cm³/mol. The van der Waals surface area contributed by atoms with Crippen LogP contribution in [0.4, 0.5) is 0 Å². The Morgan fingerprint density at radius 3 is 2.17 bits per heavy atom. The molecule has 59 heavy (non-hydrogen) atoms. The van der Waals surface area contributed by atoms with Gasteiger partial charge in [-0.2, -0.15) is 0 Å². The van der Waals surface area contributed by atoms with Crippen LogP contribution in [0.1, 0.15) is 130 Å². The lowest BCUT2D eigenvalue weighted by atomic mass is 9.43. The van der Waals surface area contributed by atoms with Gasteiger partial charge >= 0.3 is 11.9 Å². The molecule has 0 aromatic rings. The molecule has 0 saturated heterocycles. The first-order valence-electron chi connectivity index (χ1n) is 22.2. The molecular formula is C44H72N2O13. The molecule has 4 rings (SSSR count). The monoisotopic (exact) mass is 837 g/mol. The standard InChI is InChI=1S/C44H72N2O13/c1-5-6-31(49)25-59-20-19-58-18-17-45-38(52)14-8-27(41(54)55)21-29(47)9-12-35(42(56)57)46-39(53)13-7-26(2)32-10-11-33-40-34(24-37(51)44(32,33)4)43(3)16-15-30(48)22-28(43)23-36(40)50/h26-28,30,32-37,40,48,50-51H,5-25H2,1-4H3,(H,45,52)(H,46,53)(H,54,55)(H,56,57)/t26-,27-,28+,30-,32-,33+,34+,35+,36-,37+,40+,43+,44-/m1/s1. The number of nitrogens with one attached hydrogen (secondary N) is 2. The van der Waals surface area contributed by atoms with Gasteiger partial charge in [0.15, 0.2) is 5.78 Å². The zero-order valence-electron chi connectivity index (χ0n) is 35.7. The minimum Gasteiger partial charge on any atom is -0.481 e. The van der Waals surface area contributed by atoms with E-state index in [1.54, 1.807) is 0 Å². The molecule has 15 nitrogen and oxygen atoms in total. The Labute approximate surface area is 349 Å². The molecule has 13 atom stereocenters. The van der Waals surface area contributed by atoms with Crippen LogP contribution in [0.25, 0.3) is 0 Å². The van der Waals surface area contributed by atoms with Gasteiger partial charge in [-0.1, -0.05) is 27.7 Å². The normalized spacial score (nSPS) is 32.7. The fourth-order valence-corrected chi connectivity index (χ4v) is 11.6. The fraction of sp³-hybridized carbons (Fsp3) is 0.864. The lowest BCUT2D eigenvalue weighted by Gasteiger charge is -2.63. The van der Waals surface area contributed by atoms with E-state index in [2.05, 4.69) is 31.4 Å². The second kappa shape index (κ2) is 22.2. The number of aliphatic hydroxyl groups is 3. The van der Waals surface area contributed by atoms with E-state index in [1.807, 2.05) is 6.92 Å². The molecule has 336 valence electrons. The maximum atomic E-state index is 13.1. The van der Waals surface area contributed by atoms with Gasteiger partial charge in [-0.05, 0) is 117 Å². The number of aliphatic carboxylic acids is 2. The van der Waals surface area contributed by atoms with E-state index in [9.17, 15) is 54.3 Å². The smallest absolute Gasteiger partial charge is 0.326 e. The molecule has 0 bridgehead atoms. The van der Waals surface area contributed by atoms with E-state index >= 15 is 0 Å². The molecule has 7 N–H and O–H groups in total. The molecule has 0 spiro atoms. The highest BCUT2D eigenvalue weighted by Gasteiger charge is 2.65. The fourth-order valence-electron chi connectivity index (χ4n) is 11.6. The van der Waals surface area contributed by atoms with Crippen molar-refractivity contribution in [3.8, 4) is 0 Å². The molecule has 2 amide bonds. The molecule has 4 fully saturated rings. The zero-order chi connectivity index (χ0) is 43.5. The lowest BCUT2D eigenvalue weighted by molar-refractivity contribution is -0.207. The van der Waals surface area contributed by atoms with Crippen LogP contribution >= 0.6 is 0 Å². The van der Waals surface area contributed by atoms with Gasteiger partial charge in [-0.25, -0.2) is 4.79 Å². The molecule has 0 unspecified atom stereocenters. The van der Waals surface area contributed by atoms with Crippen LogP contribution in [0, 0.1) is 52.3 Å². The lowest BCUT2D eigenvalue weighted by Crippen LogP contribution is -2.62. The molecule has 0 aliphatic heterocycles. The Morgan fingerprint density at radius 2 is 1.47 bits per heavy atom. The molecule has 0 heterocycles. The van der Waals surface area contributed by atoms with E-state index in [1.165, 1.54) is 0 Å². The highest BCUT2D eigenvalue weighted by Crippen LogP contribution is 2.68. The van der Waals surface area contributed by atoms with Crippen LogP contribution in [0.3, 0.4) is 0 Å². The van der Waals surface area contributed by atoms with Crippen molar-refractivity contribution in [3.63, 3.8) is 0 Å². The summed E-state index contributed by atoms with van der Waals surface area (Å²) in [5.74, 6) is -4.21. The third-order valence-electron chi connectivity index (χ3n) is 15.0. The SMILES string of the molecule is CCCC(=O)COCCOCCNC(=O)CC[C@H](CC(=O)CC[C@H](NC(=O)CC[C@@H](C)[C@H]1CC[C@H]2[C@@H]3[C@H](O)C[C@@H]4C[C@H](O)CC[C@]4(C)[C@H]3C[C@H](O)[C@]12C)C(=O)O)C(=O)O. The third-order valence-corrected chi connectivity index (χ3v) is 15.0. The molecule has 0 aromatic heterocycles. The van der Waals surface area contributed by atoms with E-state index in [4.69, 9.17) is 9.47 Å². The number of ketones is 2. The van der Waals surface area contributed by atoms with Crippen LogP contribution in [0.15, 0.2) is 0 Å². The predicted octanol–water partition coefficient (Wildman–Crippen LogP) is 3.67. The summed E-state index contributed by atoms with van der Waals surface area (Å²) in [5, 5.41) is 58.5. The van der Waals surface area contributed by atoms with Crippen molar-refractivity contribution in [1.29, 1.82) is 0 Å². The molecule has 4 saturated carbocycles. The van der Waals surface area contributed by atoms with Gasteiger partial charge in [0, 0.05) is 38.6 Å². The summed E-state index contributed by atoms with van der Waals surface area (Å²) < 4.78 is 10.6. The minimum atomic E-state index is -1.34. The summed E-state index contributed by atoms with van der Waals surface area (Å²) in [6, 6.07) is -1.34. The van der Waals surface area contributed by atoms with Crippen molar-refractivity contribution in [2.45, 2.75) is 155 Å². The number of ether oxygens (including phenoxy) is 2. The van der Waals surface area contributed by atoms with Crippen molar-refractivity contribution >= 4 is 35.3 Å². The summed E-state index contributed by atoms with van der Waals surface area (Å²) in [4.78, 5) is 73.5. The first-order valence-corrected chi connectivity index (χ1v) is 22.2. The van der Waals surface area contributed by atoms with Crippen LogP contribution in [0.5, 0.6) is 0 Å². The van der Waals surface area contributed by atoms with E-state index in [0.29, 0.717) is 32.1 Å². The van der Waals surface area contributed by atoms with Crippen molar-refractivity contribution in [3.05, 3.63) is 0 Å². The summed E-state index contributed by atoms with van der Waals surface area (Å²) in [6.07, 6.45) is 4.72. The topological polar surface area (TPSA) is 246 Å². The van der Waals surface area contributed by atoms with Gasteiger partial charge in [0.25, 0.3) is 0 Å². The van der Waals surface area contributed by atoms with Gasteiger partial charge in [-0.3, -0.25) is 24.0 Å². The largest absolute Gasteiger partial charge is 0.481 e. The molecule has 4 aliphatic carbocycles. The summed E-state index contributed by atoms with van der Waals surface area (Å²) in [7, 11) is 0. The number of rotatable bonds is 25. The number of amides is 2. The number of hydrogen-bond donors (Lipinski definition) is 7. The molecule has 15 heteroatoms. The molecule has 0 aromatic carbocycles. The maximum Gasteiger partial charge on any atom is 0.326 e. The quantitative estimate of drug-likeness (QED) is 0.0650. The Bertz CT molecular complexity index is 1460. The number of carboxylic acid groups (broad SMARTS) is 2. The van der Waals surface area contributed by atoms with Crippen LogP contribution < -0.4 is 10.6 Å². The average Bonchev–Trinajstić information content (AvgIpc) is 3.54. The molecular weight excluding hydrogens is 764 g/mol. The van der Waals surface area contributed by atoms with E-state index in [-0.39, 0.29) is 124 Å². The van der Waals surface area contributed by atoms with Crippen molar-refractivity contribution in [2.24, 2.45) is 52.3 Å². The number of fused-ring (bicyclic) bond motifs is 5. The van der Waals surface area contributed by atoms with Crippen molar-refractivity contribution in [1.82, 2.24) is 10.6 Å². The molecule has 0 radical (unpaired) electrons. The highest BCUT2D eigenvalue weighted by atomic mass is 16.5. The van der Waals surface area contributed by atoms with Gasteiger partial charge in [0.2, 0.25) is 11.8 Å². The Hall–Kier alpha value is -2.98. The third kappa shape index (κ3) is 12.5. The van der Waals surface area contributed by atoms with Gasteiger partial charge in [0.05, 0.1) is 44.1 Å². The van der Waals surface area contributed by atoms with Gasteiger partial charge in [-0.15, -0.1) is 0 Å². The van der Waals surface area contributed by atoms with E-state index < -0.39 is 59.1 Å². The number of Topliss-reactive ketones (excluding diaryl/α,β-unsaturated/α-hetero) is 2. The van der Waals surface area contributed by atoms with Crippen LogP contribution in [-0.4, -0.2) is 118 Å². The number of hydrogen-bond acceptors (Lipinski definition) is 11. The van der Waals surface area contributed by atoms with Crippen LogP contribution in [0.2, 0.25) is 0 Å². The van der Waals surface area contributed by atoms with Gasteiger partial charge < -0.3 is 45.6 Å². The number of carboxylic acids is 2. The first-order chi connectivity index (χ1) is 27.9. The Kier molecular flexibility index (Phi) is 18.3. The van der Waals surface area contributed by atoms with Crippen molar-refractivity contribution in [2.75, 3.05) is 33.0 Å². The van der Waals surface area contributed by atoms with E-state index in [0.717, 1.165) is 32.1 Å². The first kappa shape index (κ1) is 48.7. The highest BCUT2D eigenvalue weighted by molar-refractivity contribution is 5.86. The summed E-state index contributed by atoms with van der Waals surface area (Å²) >= 11 is 0. The van der Waals surface area contributed by atoms with Gasteiger partial charge in [0.1, 0.15) is 18.4 Å². The van der Waals surface area contributed by atoms with Crippen molar-refractivity contribution < 1.29 is 63.8 Å².